The molecule has 1 saturated heterocycles. The Hall–Kier alpha value is -2.34. The van der Waals surface area contributed by atoms with Crippen LogP contribution in [0.3, 0.4) is 0 Å². The number of anilines is 1. The van der Waals surface area contributed by atoms with Crippen molar-refractivity contribution < 1.29 is 4.39 Å². The molecule has 0 N–H and O–H groups in total. The number of rotatable bonds is 3. The van der Waals surface area contributed by atoms with Gasteiger partial charge in [-0.3, -0.25) is 0 Å². The summed E-state index contributed by atoms with van der Waals surface area (Å²) in [5.41, 5.74) is 3.59. The first kappa shape index (κ1) is 25.7. The fraction of sp³-hybridized carbons (Fsp3) is 0.519. The second kappa shape index (κ2) is 11.2. The van der Waals surface area contributed by atoms with Gasteiger partial charge in [-0.2, -0.15) is 5.26 Å². The van der Waals surface area contributed by atoms with Crippen LogP contribution in [-0.2, 0) is 5.67 Å². The molecule has 3 heteroatoms. The lowest BCUT2D eigenvalue weighted by atomic mass is 9.75. The molecule has 1 aliphatic heterocycles. The summed E-state index contributed by atoms with van der Waals surface area (Å²) in [7, 11) is 0. The molecule has 30 heavy (non-hydrogen) atoms. The Bertz CT molecular complexity index is 823. The van der Waals surface area contributed by atoms with Crippen LogP contribution in [-0.4, -0.2) is 13.1 Å². The maximum atomic E-state index is 15.0. The zero-order valence-corrected chi connectivity index (χ0v) is 17.3. The van der Waals surface area contributed by atoms with Gasteiger partial charge in [0.15, 0.2) is 0 Å². The fourth-order valence-corrected chi connectivity index (χ4v) is 4.26. The van der Waals surface area contributed by atoms with Gasteiger partial charge in [0, 0.05) is 24.3 Å². The van der Waals surface area contributed by atoms with Crippen molar-refractivity contribution in [3.8, 4) is 6.07 Å². The van der Waals surface area contributed by atoms with E-state index in [1.54, 1.807) is 6.07 Å². The van der Waals surface area contributed by atoms with Gasteiger partial charge in [0.1, 0.15) is 5.67 Å². The average molecular weight is 411 g/mol. The number of nitrogens with zero attached hydrogens (tertiary/aromatic N) is 2. The van der Waals surface area contributed by atoms with E-state index in [1.165, 1.54) is 11.1 Å². The molecule has 0 spiro atoms. The first-order chi connectivity index (χ1) is 13.6. The van der Waals surface area contributed by atoms with E-state index in [0.717, 1.165) is 38.0 Å². The van der Waals surface area contributed by atoms with E-state index in [0.29, 0.717) is 29.9 Å². The quantitative estimate of drug-likeness (QED) is 0.514. The molecular weight excluding hydrogens is 371 g/mol. The van der Waals surface area contributed by atoms with Gasteiger partial charge in [0.2, 0.25) is 0 Å². The summed E-state index contributed by atoms with van der Waals surface area (Å²) in [6.07, 6.45) is 4.22. The molecule has 0 unspecified atom stereocenters. The lowest BCUT2D eigenvalue weighted by Gasteiger charge is -2.37. The van der Waals surface area contributed by atoms with Gasteiger partial charge in [0.05, 0.1) is 11.6 Å². The smallest absolute Gasteiger partial charge is 0.137 e. The monoisotopic (exact) mass is 410 g/mol. The Kier molecular flexibility index (Phi) is 9.56. The second-order valence-corrected chi connectivity index (χ2v) is 7.83. The van der Waals surface area contributed by atoms with Crippen molar-refractivity contribution in [2.75, 3.05) is 18.0 Å². The molecule has 1 aliphatic carbocycles. The molecule has 0 radical (unpaired) electrons. The molecule has 2 nitrogen and oxygen atoms in total. The van der Waals surface area contributed by atoms with Crippen molar-refractivity contribution in [3.05, 3.63) is 64.7 Å². The minimum Gasteiger partial charge on any atom is -0.371 e. The van der Waals surface area contributed by atoms with Crippen molar-refractivity contribution in [1.29, 1.82) is 5.26 Å². The van der Waals surface area contributed by atoms with E-state index in [2.05, 4.69) is 42.2 Å². The number of alkyl halides is 1. The highest BCUT2D eigenvalue weighted by Crippen LogP contribution is 2.47. The molecule has 0 atom stereocenters. The first-order valence-electron chi connectivity index (χ1n) is 10.6. The largest absolute Gasteiger partial charge is 0.371 e. The summed E-state index contributed by atoms with van der Waals surface area (Å²) in [6, 6.07) is 16.8. The third kappa shape index (κ3) is 5.22. The lowest BCUT2D eigenvalue weighted by molar-refractivity contribution is 0.0606. The van der Waals surface area contributed by atoms with Crippen molar-refractivity contribution in [3.63, 3.8) is 0 Å². The number of halogens is 1. The van der Waals surface area contributed by atoms with Crippen LogP contribution in [0.25, 0.3) is 0 Å². The zero-order chi connectivity index (χ0) is 20.1. The number of hydrogen-bond acceptors (Lipinski definition) is 2. The topological polar surface area (TPSA) is 27.0 Å². The van der Waals surface area contributed by atoms with Crippen molar-refractivity contribution in [1.82, 2.24) is 0 Å². The van der Waals surface area contributed by atoms with E-state index in [-0.39, 0.29) is 14.9 Å². The number of hydrogen-bond donors (Lipinski definition) is 0. The van der Waals surface area contributed by atoms with E-state index < -0.39 is 5.67 Å². The maximum absolute atomic E-state index is 15.0. The van der Waals surface area contributed by atoms with E-state index >= 15 is 0 Å². The van der Waals surface area contributed by atoms with Crippen LogP contribution in [0.1, 0.15) is 89.0 Å². The third-order valence-electron chi connectivity index (χ3n) is 6.16. The van der Waals surface area contributed by atoms with E-state index in [4.69, 9.17) is 0 Å². The maximum Gasteiger partial charge on any atom is 0.137 e. The van der Waals surface area contributed by atoms with Crippen LogP contribution in [0.4, 0.5) is 10.1 Å². The predicted octanol–water partition coefficient (Wildman–Crippen LogP) is 7.90. The number of piperidine rings is 1. The molecule has 0 bridgehead atoms. The predicted molar refractivity (Wildman–Crippen MR) is 128 cm³/mol. The Balaban J connectivity index is 0.00000109. The molecular formula is C27H39FN2. The molecule has 1 heterocycles. The molecule has 2 aromatic carbocycles. The SMILES string of the molecule is C.C.CC.Cc1ccc(C2CCN(c3ccc(C#N)c(C4(F)CCC4)c3)CC2)cc1. The van der Waals surface area contributed by atoms with E-state index in [1.807, 2.05) is 26.0 Å². The minimum absolute atomic E-state index is 0. The van der Waals surface area contributed by atoms with Gasteiger partial charge in [0.25, 0.3) is 0 Å². The second-order valence-electron chi connectivity index (χ2n) is 7.83. The summed E-state index contributed by atoms with van der Waals surface area (Å²) in [6.45, 7) is 8.07. The van der Waals surface area contributed by atoms with Crippen LogP contribution in [0.2, 0.25) is 0 Å². The summed E-state index contributed by atoms with van der Waals surface area (Å²) in [5.74, 6) is 0.601. The highest BCUT2D eigenvalue weighted by atomic mass is 19.1. The first-order valence-corrected chi connectivity index (χ1v) is 10.6. The number of nitriles is 1. The van der Waals surface area contributed by atoms with Gasteiger partial charge in [-0.1, -0.05) is 58.5 Å². The highest BCUT2D eigenvalue weighted by Gasteiger charge is 2.41. The zero-order valence-electron chi connectivity index (χ0n) is 17.3. The molecule has 2 aromatic rings. The molecule has 2 aliphatic rings. The van der Waals surface area contributed by atoms with Gasteiger partial charge in [-0.15, -0.1) is 0 Å². The van der Waals surface area contributed by atoms with Crippen LogP contribution < -0.4 is 4.90 Å². The Morgan fingerprint density at radius 1 is 1.00 bits per heavy atom. The number of aryl methyl sites for hydroxylation is 1. The van der Waals surface area contributed by atoms with Crippen molar-refractivity contribution in [2.45, 2.75) is 79.3 Å². The Morgan fingerprint density at radius 3 is 2.10 bits per heavy atom. The van der Waals surface area contributed by atoms with Crippen molar-refractivity contribution in [2.24, 2.45) is 0 Å². The summed E-state index contributed by atoms with van der Waals surface area (Å²) in [5, 5.41) is 9.35. The lowest BCUT2D eigenvalue weighted by Crippen LogP contribution is -2.34. The van der Waals surface area contributed by atoms with Gasteiger partial charge < -0.3 is 4.90 Å². The van der Waals surface area contributed by atoms with Crippen LogP contribution in [0, 0.1) is 18.3 Å². The molecule has 0 amide bonds. The minimum atomic E-state index is -1.29. The molecule has 1 saturated carbocycles. The van der Waals surface area contributed by atoms with Gasteiger partial charge >= 0.3 is 0 Å². The Morgan fingerprint density at radius 2 is 1.60 bits per heavy atom. The molecule has 4 rings (SSSR count). The Labute approximate surface area is 183 Å². The van der Waals surface area contributed by atoms with Gasteiger partial charge in [-0.25, -0.2) is 4.39 Å². The normalized spacial score (nSPS) is 17.2. The van der Waals surface area contributed by atoms with Crippen LogP contribution in [0.5, 0.6) is 0 Å². The fourth-order valence-electron chi connectivity index (χ4n) is 4.26. The molecule has 2 fully saturated rings. The van der Waals surface area contributed by atoms with E-state index in [9.17, 15) is 9.65 Å². The summed E-state index contributed by atoms with van der Waals surface area (Å²) in [4.78, 5) is 2.34. The average Bonchev–Trinajstić information content (AvgIpc) is 2.74. The van der Waals surface area contributed by atoms with Crippen LogP contribution >= 0.6 is 0 Å². The summed E-state index contributed by atoms with van der Waals surface area (Å²) >= 11 is 0. The standard InChI is InChI=1S/C23H25FN2.C2H6.2CH4/c1-17-3-5-18(6-4-17)19-9-13-26(14-10-19)21-8-7-20(16-25)22(15-21)23(24)11-2-12-23;1-2;;/h3-8,15,19H,2,9-14H2,1H3;1-2H3;2*1H4. The third-order valence-corrected chi connectivity index (χ3v) is 6.16. The molecule has 164 valence electrons. The number of benzene rings is 2. The van der Waals surface area contributed by atoms with Gasteiger partial charge in [-0.05, 0) is 68.7 Å². The van der Waals surface area contributed by atoms with Crippen LogP contribution in [0.15, 0.2) is 42.5 Å². The molecule has 0 aromatic heterocycles. The van der Waals surface area contributed by atoms with Crippen molar-refractivity contribution >= 4 is 5.69 Å². The highest BCUT2D eigenvalue weighted by molar-refractivity contribution is 5.56. The summed E-state index contributed by atoms with van der Waals surface area (Å²) < 4.78 is 15.0.